The minimum Gasteiger partial charge on any atom is -0.457 e. The fourth-order valence-electron chi connectivity index (χ4n) is 1.07. The van der Waals surface area contributed by atoms with Gasteiger partial charge in [-0.3, -0.25) is 0 Å². The van der Waals surface area contributed by atoms with E-state index in [0.29, 0.717) is 6.61 Å². The van der Waals surface area contributed by atoms with Crippen molar-refractivity contribution < 1.29 is 9.53 Å². The number of hydrogen-bond acceptors (Lipinski definition) is 3. The van der Waals surface area contributed by atoms with Crippen molar-refractivity contribution in [3.05, 3.63) is 29.8 Å². The van der Waals surface area contributed by atoms with Crippen LogP contribution in [-0.4, -0.2) is 13.1 Å². The highest BCUT2D eigenvalue weighted by Gasteiger charge is 1.93. The van der Waals surface area contributed by atoms with E-state index in [0.717, 1.165) is 18.5 Å². The molecule has 1 aromatic carbocycles. The van der Waals surface area contributed by atoms with Gasteiger partial charge in [-0.2, -0.15) is 0 Å². The Balaban J connectivity index is 2.28. The van der Waals surface area contributed by atoms with Crippen molar-refractivity contribution >= 4 is 12.2 Å². The Kier molecular flexibility index (Phi) is 3.82. The minimum absolute atomic E-state index is 0.424. The van der Waals surface area contributed by atoms with Gasteiger partial charge in [-0.15, -0.1) is 0 Å². The van der Waals surface area contributed by atoms with Gasteiger partial charge in [0.1, 0.15) is 0 Å². The molecule has 3 nitrogen and oxygen atoms in total. The van der Waals surface area contributed by atoms with Crippen molar-refractivity contribution in [2.75, 3.05) is 12.3 Å². The highest BCUT2D eigenvalue weighted by molar-refractivity contribution is 5.39. The second kappa shape index (κ2) is 5.19. The summed E-state index contributed by atoms with van der Waals surface area (Å²) in [6.45, 7) is 1.82. The number of aryl methyl sites for hydroxylation is 1. The number of rotatable bonds is 5. The summed E-state index contributed by atoms with van der Waals surface area (Å²) < 4.78 is 4.45. The number of benzene rings is 1. The molecule has 0 fully saturated rings. The van der Waals surface area contributed by atoms with E-state index in [-0.39, 0.29) is 0 Å². The molecule has 0 unspecified atom stereocenters. The standard InChI is InChI=1S/C10H12NO2/c11-10-5-3-9(4-6-10)2-1-7-13-8-12/h3-6H,1-2,7,11H2. The number of nitrogens with two attached hydrogens (primary N) is 1. The van der Waals surface area contributed by atoms with E-state index >= 15 is 0 Å². The third-order valence-corrected chi connectivity index (χ3v) is 1.75. The van der Waals surface area contributed by atoms with Gasteiger partial charge in [-0.1, -0.05) is 12.1 Å². The molecule has 1 rings (SSSR count). The van der Waals surface area contributed by atoms with Gasteiger partial charge < -0.3 is 10.5 Å². The summed E-state index contributed by atoms with van der Waals surface area (Å²) in [7, 11) is 0. The zero-order chi connectivity index (χ0) is 9.52. The summed E-state index contributed by atoms with van der Waals surface area (Å²) in [6, 6.07) is 7.67. The molecule has 0 heterocycles. The average molecular weight is 178 g/mol. The molecule has 0 aliphatic heterocycles. The molecule has 0 aliphatic rings. The number of hydrogen-bond donors (Lipinski definition) is 1. The molecular formula is C10H12NO2. The van der Waals surface area contributed by atoms with Gasteiger partial charge in [0.25, 0.3) is 0 Å². The number of anilines is 1. The van der Waals surface area contributed by atoms with E-state index in [2.05, 4.69) is 4.74 Å². The molecule has 0 aliphatic carbocycles. The molecule has 1 radical (unpaired) electrons. The molecule has 0 aromatic heterocycles. The van der Waals surface area contributed by atoms with E-state index in [1.54, 1.807) is 0 Å². The Labute approximate surface area is 77.5 Å². The molecule has 0 amide bonds. The number of carbonyl (C=O) groups excluding carboxylic acids is 1. The van der Waals surface area contributed by atoms with E-state index in [9.17, 15) is 4.79 Å². The van der Waals surface area contributed by atoms with Gasteiger partial charge in [0.2, 0.25) is 0 Å². The van der Waals surface area contributed by atoms with Crippen molar-refractivity contribution in [1.82, 2.24) is 0 Å². The maximum atomic E-state index is 9.70. The lowest BCUT2D eigenvalue weighted by Crippen LogP contribution is -1.94. The highest BCUT2D eigenvalue weighted by atomic mass is 16.5. The van der Waals surface area contributed by atoms with Crippen LogP contribution in [0.4, 0.5) is 5.69 Å². The summed E-state index contributed by atoms with van der Waals surface area (Å²) in [5.74, 6) is 0. The summed E-state index contributed by atoms with van der Waals surface area (Å²) >= 11 is 0. The normalized spacial score (nSPS) is 9.54. The zero-order valence-corrected chi connectivity index (χ0v) is 7.32. The van der Waals surface area contributed by atoms with Crippen LogP contribution in [0.5, 0.6) is 0 Å². The van der Waals surface area contributed by atoms with Crippen LogP contribution < -0.4 is 5.73 Å². The topological polar surface area (TPSA) is 52.3 Å². The Morgan fingerprint density at radius 3 is 2.62 bits per heavy atom. The van der Waals surface area contributed by atoms with Crippen LogP contribution in [0.2, 0.25) is 0 Å². The van der Waals surface area contributed by atoms with Crippen LogP contribution in [0.3, 0.4) is 0 Å². The molecule has 3 heteroatoms. The van der Waals surface area contributed by atoms with Crippen molar-refractivity contribution in [3.8, 4) is 0 Å². The molecule has 1 aromatic rings. The monoisotopic (exact) mass is 178 g/mol. The third kappa shape index (κ3) is 3.60. The van der Waals surface area contributed by atoms with Gasteiger partial charge in [-0.05, 0) is 30.5 Å². The first kappa shape index (κ1) is 9.58. The summed E-state index contributed by atoms with van der Waals surface area (Å²) in [5.41, 5.74) is 7.49. The third-order valence-electron chi connectivity index (χ3n) is 1.75. The van der Waals surface area contributed by atoms with Crippen molar-refractivity contribution in [2.45, 2.75) is 12.8 Å². The molecule has 0 saturated heterocycles. The lowest BCUT2D eigenvalue weighted by Gasteiger charge is -2.00. The SMILES string of the molecule is Nc1ccc(CCCO[C]=O)cc1. The molecule has 0 atom stereocenters. The van der Waals surface area contributed by atoms with Crippen LogP contribution in [-0.2, 0) is 16.0 Å². The van der Waals surface area contributed by atoms with E-state index in [1.165, 1.54) is 12.0 Å². The van der Waals surface area contributed by atoms with Crippen LogP contribution in [0.1, 0.15) is 12.0 Å². The summed E-state index contributed by atoms with van der Waals surface area (Å²) in [4.78, 5) is 9.70. The predicted octanol–water partition coefficient (Wildman–Crippen LogP) is 1.29. The van der Waals surface area contributed by atoms with Gasteiger partial charge in [0, 0.05) is 5.69 Å². The largest absolute Gasteiger partial charge is 0.457 e. The first-order chi connectivity index (χ1) is 6.33. The first-order valence-electron chi connectivity index (χ1n) is 4.16. The van der Waals surface area contributed by atoms with Gasteiger partial charge in [0.15, 0.2) is 0 Å². The zero-order valence-electron chi connectivity index (χ0n) is 7.32. The minimum atomic E-state index is 0.424. The summed E-state index contributed by atoms with van der Waals surface area (Å²) in [6.07, 6.45) is 1.71. The van der Waals surface area contributed by atoms with Crippen molar-refractivity contribution in [2.24, 2.45) is 0 Å². The quantitative estimate of drug-likeness (QED) is 0.546. The lowest BCUT2D eigenvalue weighted by molar-refractivity contribution is 0.273. The number of ether oxygens (including phenoxy) is 1. The molecule has 69 valence electrons. The second-order valence-corrected chi connectivity index (χ2v) is 2.78. The van der Waals surface area contributed by atoms with Crippen LogP contribution >= 0.6 is 0 Å². The second-order valence-electron chi connectivity index (χ2n) is 2.78. The maximum absolute atomic E-state index is 9.70. The molecule has 0 saturated carbocycles. The fourth-order valence-corrected chi connectivity index (χ4v) is 1.07. The molecular weight excluding hydrogens is 166 g/mol. The summed E-state index contributed by atoms with van der Waals surface area (Å²) in [5, 5.41) is 0. The van der Waals surface area contributed by atoms with E-state index < -0.39 is 0 Å². The maximum Gasteiger partial charge on any atom is 0.417 e. The Morgan fingerprint density at radius 2 is 2.00 bits per heavy atom. The fraction of sp³-hybridized carbons (Fsp3) is 0.300. The van der Waals surface area contributed by atoms with Gasteiger partial charge in [-0.25, -0.2) is 4.79 Å². The average Bonchev–Trinajstić information content (AvgIpc) is 2.15. The van der Waals surface area contributed by atoms with Crippen LogP contribution in [0, 0.1) is 0 Å². The van der Waals surface area contributed by atoms with Crippen molar-refractivity contribution in [1.29, 1.82) is 0 Å². The molecule has 0 spiro atoms. The lowest BCUT2D eigenvalue weighted by atomic mass is 10.1. The van der Waals surface area contributed by atoms with Gasteiger partial charge in [0.05, 0.1) is 6.61 Å². The molecule has 13 heavy (non-hydrogen) atoms. The Hall–Kier alpha value is -1.51. The first-order valence-corrected chi connectivity index (χ1v) is 4.16. The molecule has 2 N–H and O–H groups in total. The number of nitrogen functional groups attached to an aromatic ring is 1. The van der Waals surface area contributed by atoms with Crippen LogP contribution in [0.25, 0.3) is 0 Å². The van der Waals surface area contributed by atoms with E-state index in [4.69, 9.17) is 5.73 Å². The Morgan fingerprint density at radius 1 is 1.31 bits per heavy atom. The van der Waals surface area contributed by atoms with Crippen LogP contribution in [0.15, 0.2) is 24.3 Å². The highest BCUT2D eigenvalue weighted by Crippen LogP contribution is 2.07. The smallest absolute Gasteiger partial charge is 0.417 e. The Bertz CT molecular complexity index is 256. The van der Waals surface area contributed by atoms with Crippen molar-refractivity contribution in [3.63, 3.8) is 0 Å². The van der Waals surface area contributed by atoms with Gasteiger partial charge >= 0.3 is 6.47 Å². The molecule has 0 bridgehead atoms. The predicted molar refractivity (Wildman–Crippen MR) is 50.8 cm³/mol. The van der Waals surface area contributed by atoms with E-state index in [1.807, 2.05) is 24.3 Å².